The van der Waals surface area contributed by atoms with Gasteiger partial charge in [-0.1, -0.05) is 6.07 Å². The molecule has 118 valence electrons. The number of pyridine rings is 1. The van der Waals surface area contributed by atoms with Crippen LogP contribution in [0, 0.1) is 13.8 Å². The summed E-state index contributed by atoms with van der Waals surface area (Å²) in [6.45, 7) is 4.20. The molecule has 0 unspecified atom stereocenters. The Hall–Kier alpha value is -2.54. The van der Waals surface area contributed by atoms with Gasteiger partial charge in [-0.3, -0.25) is 19.0 Å². The predicted molar refractivity (Wildman–Crippen MR) is 89.1 cm³/mol. The third-order valence-electron chi connectivity index (χ3n) is 3.66. The molecule has 1 N–H and O–H groups in total. The molecule has 0 aliphatic heterocycles. The Labute approximate surface area is 136 Å². The number of nitrogens with zero attached hydrogens (tertiary/aromatic N) is 3. The highest BCUT2D eigenvalue weighted by atomic mass is 32.1. The fraction of sp³-hybridized carbons (Fsp3) is 0.250. The van der Waals surface area contributed by atoms with Crippen molar-refractivity contribution in [3.63, 3.8) is 0 Å². The third kappa shape index (κ3) is 3.00. The van der Waals surface area contributed by atoms with Crippen molar-refractivity contribution >= 4 is 22.2 Å². The molecular formula is C16H16N4O2S. The average molecular weight is 328 g/mol. The molecule has 3 aromatic rings. The van der Waals surface area contributed by atoms with E-state index in [0.717, 1.165) is 16.3 Å². The topological polar surface area (TPSA) is 76.4 Å². The van der Waals surface area contributed by atoms with Crippen LogP contribution in [0.5, 0.6) is 0 Å². The van der Waals surface area contributed by atoms with Crippen LogP contribution in [0.3, 0.4) is 0 Å². The fourth-order valence-electron chi connectivity index (χ4n) is 2.28. The lowest BCUT2D eigenvalue weighted by Gasteiger charge is -2.05. The number of fused-ring (bicyclic) bond motifs is 1. The second kappa shape index (κ2) is 6.29. The summed E-state index contributed by atoms with van der Waals surface area (Å²) < 4.78 is 1.49. The zero-order chi connectivity index (χ0) is 16.4. The molecule has 0 aliphatic rings. The van der Waals surface area contributed by atoms with Gasteiger partial charge in [0.25, 0.3) is 11.5 Å². The number of rotatable bonds is 4. The van der Waals surface area contributed by atoms with Crippen LogP contribution >= 0.6 is 11.3 Å². The van der Waals surface area contributed by atoms with Gasteiger partial charge in [0.2, 0.25) is 0 Å². The summed E-state index contributed by atoms with van der Waals surface area (Å²) in [5.74, 6) is -0.406. The Morgan fingerprint density at radius 1 is 1.30 bits per heavy atom. The highest BCUT2D eigenvalue weighted by Crippen LogP contribution is 2.18. The van der Waals surface area contributed by atoms with Gasteiger partial charge >= 0.3 is 0 Å². The molecule has 23 heavy (non-hydrogen) atoms. The third-order valence-corrected chi connectivity index (χ3v) is 4.73. The van der Waals surface area contributed by atoms with Gasteiger partial charge in [-0.05, 0) is 26.0 Å². The highest BCUT2D eigenvalue weighted by molar-refractivity contribution is 7.17. The number of aryl methyl sites for hydroxylation is 2. The van der Waals surface area contributed by atoms with Gasteiger partial charge in [0.05, 0.1) is 0 Å². The maximum Gasteiger partial charge on any atom is 0.271 e. The molecule has 1 amide bonds. The Kier molecular flexibility index (Phi) is 4.20. The smallest absolute Gasteiger partial charge is 0.271 e. The van der Waals surface area contributed by atoms with Crippen LogP contribution in [0.25, 0.3) is 4.96 Å². The van der Waals surface area contributed by atoms with Crippen molar-refractivity contribution in [2.45, 2.75) is 20.3 Å². The van der Waals surface area contributed by atoms with Crippen LogP contribution in [0.15, 0.2) is 35.4 Å². The van der Waals surface area contributed by atoms with Crippen molar-refractivity contribution in [2.75, 3.05) is 6.54 Å². The van der Waals surface area contributed by atoms with Gasteiger partial charge in [0, 0.05) is 41.6 Å². The normalized spacial score (nSPS) is 10.9. The van der Waals surface area contributed by atoms with E-state index in [4.69, 9.17) is 0 Å². The van der Waals surface area contributed by atoms with Crippen LogP contribution in [-0.2, 0) is 6.42 Å². The lowest BCUT2D eigenvalue weighted by atomic mass is 10.2. The largest absolute Gasteiger partial charge is 0.351 e. The summed E-state index contributed by atoms with van der Waals surface area (Å²) in [5, 5.41) is 2.75. The molecule has 0 aliphatic carbocycles. The summed E-state index contributed by atoms with van der Waals surface area (Å²) in [5.41, 5.74) is 1.45. The minimum absolute atomic E-state index is 0.0596. The van der Waals surface area contributed by atoms with Crippen molar-refractivity contribution < 1.29 is 4.79 Å². The molecular weight excluding hydrogens is 312 g/mol. The number of carbonyl (C=O) groups is 1. The molecule has 0 bridgehead atoms. The number of aromatic nitrogens is 3. The lowest BCUT2D eigenvalue weighted by Crippen LogP contribution is -2.32. The Morgan fingerprint density at radius 2 is 2.13 bits per heavy atom. The number of carbonyl (C=O) groups excluding carboxylic acids is 1. The van der Waals surface area contributed by atoms with Gasteiger partial charge in [0.15, 0.2) is 4.96 Å². The number of hydrogen-bond donors (Lipinski definition) is 1. The first kappa shape index (κ1) is 15.4. The van der Waals surface area contributed by atoms with Crippen molar-refractivity contribution in [3.05, 3.63) is 62.8 Å². The fourth-order valence-corrected chi connectivity index (χ4v) is 3.21. The van der Waals surface area contributed by atoms with Crippen molar-refractivity contribution in [1.82, 2.24) is 19.7 Å². The summed E-state index contributed by atoms with van der Waals surface area (Å²) >= 11 is 1.44. The molecule has 0 saturated carbocycles. The Balaban J connectivity index is 1.77. The monoisotopic (exact) mass is 328 g/mol. The highest BCUT2D eigenvalue weighted by Gasteiger charge is 2.16. The number of hydrogen-bond acceptors (Lipinski definition) is 5. The van der Waals surface area contributed by atoms with Gasteiger partial charge in [-0.15, -0.1) is 11.3 Å². The summed E-state index contributed by atoms with van der Waals surface area (Å²) in [4.78, 5) is 34.8. The zero-order valence-corrected chi connectivity index (χ0v) is 13.7. The SMILES string of the molecule is Cc1sc2ncc(C(=O)NCCc3ccccn3)c(=O)n2c1C. The summed E-state index contributed by atoms with van der Waals surface area (Å²) in [7, 11) is 0. The molecule has 7 heteroatoms. The quantitative estimate of drug-likeness (QED) is 0.791. The van der Waals surface area contributed by atoms with Crippen LogP contribution < -0.4 is 10.9 Å². The molecule has 0 fully saturated rings. The second-order valence-electron chi connectivity index (χ2n) is 5.17. The molecule has 0 saturated heterocycles. The Morgan fingerprint density at radius 3 is 2.87 bits per heavy atom. The standard InChI is InChI=1S/C16H16N4O2S/c1-10-11(2)23-16-19-9-13(15(22)20(10)16)14(21)18-8-6-12-5-3-4-7-17-12/h3-5,7,9H,6,8H2,1-2H3,(H,18,21). The number of thiazole rings is 1. The van der Waals surface area contributed by atoms with Crippen LogP contribution in [0.1, 0.15) is 26.6 Å². The Bertz CT molecular complexity index is 915. The van der Waals surface area contributed by atoms with Crippen molar-refractivity contribution in [1.29, 1.82) is 0 Å². The minimum atomic E-state index is -0.406. The van der Waals surface area contributed by atoms with E-state index in [9.17, 15) is 9.59 Å². The molecule has 0 atom stereocenters. The summed E-state index contributed by atoms with van der Waals surface area (Å²) in [6, 6.07) is 5.64. The molecule has 3 heterocycles. The van der Waals surface area contributed by atoms with E-state index >= 15 is 0 Å². The van der Waals surface area contributed by atoms with E-state index in [1.807, 2.05) is 32.0 Å². The van der Waals surface area contributed by atoms with Gasteiger partial charge < -0.3 is 5.32 Å². The first-order valence-corrected chi connectivity index (χ1v) is 8.05. The molecule has 6 nitrogen and oxygen atoms in total. The first-order chi connectivity index (χ1) is 11.1. The van der Waals surface area contributed by atoms with Crippen molar-refractivity contribution in [3.8, 4) is 0 Å². The molecule has 0 spiro atoms. The van der Waals surface area contributed by atoms with E-state index in [1.165, 1.54) is 21.9 Å². The van der Waals surface area contributed by atoms with Gasteiger partial charge in [-0.2, -0.15) is 0 Å². The van der Waals surface area contributed by atoms with Crippen LogP contribution in [-0.4, -0.2) is 26.8 Å². The van der Waals surface area contributed by atoms with Crippen LogP contribution in [0.4, 0.5) is 0 Å². The molecule has 3 aromatic heterocycles. The number of amides is 1. The zero-order valence-electron chi connectivity index (χ0n) is 12.9. The van der Waals surface area contributed by atoms with Crippen LogP contribution in [0.2, 0.25) is 0 Å². The maximum atomic E-state index is 12.5. The van der Waals surface area contributed by atoms with E-state index in [1.54, 1.807) is 6.20 Å². The van der Waals surface area contributed by atoms with E-state index in [-0.39, 0.29) is 11.1 Å². The average Bonchev–Trinajstić information content (AvgIpc) is 2.84. The minimum Gasteiger partial charge on any atom is -0.351 e. The maximum absolute atomic E-state index is 12.5. The first-order valence-electron chi connectivity index (χ1n) is 7.24. The van der Waals surface area contributed by atoms with Gasteiger partial charge in [0.1, 0.15) is 5.56 Å². The van der Waals surface area contributed by atoms with E-state index in [2.05, 4.69) is 15.3 Å². The summed E-state index contributed by atoms with van der Waals surface area (Å²) in [6.07, 6.45) is 3.67. The van der Waals surface area contributed by atoms with Gasteiger partial charge in [-0.25, -0.2) is 4.98 Å². The molecule has 0 radical (unpaired) electrons. The molecule has 3 rings (SSSR count). The van der Waals surface area contributed by atoms with Crippen molar-refractivity contribution in [2.24, 2.45) is 0 Å². The second-order valence-corrected chi connectivity index (χ2v) is 6.35. The van der Waals surface area contributed by atoms with E-state index in [0.29, 0.717) is 17.9 Å². The lowest BCUT2D eigenvalue weighted by molar-refractivity contribution is 0.0952. The molecule has 0 aromatic carbocycles. The number of nitrogens with one attached hydrogen (secondary N) is 1. The predicted octanol–water partition coefficient (Wildman–Crippen LogP) is 1.74. The van der Waals surface area contributed by atoms with E-state index < -0.39 is 5.91 Å².